The number of aliphatic hydroxyl groups is 2. The molecule has 1 atom stereocenters. The molecular formula is C15H34O4Zr2. The fourth-order valence-corrected chi connectivity index (χ4v) is 1.11. The van der Waals surface area contributed by atoms with Gasteiger partial charge in [0, 0.05) is 65.6 Å². The van der Waals surface area contributed by atoms with Gasteiger partial charge >= 0.3 is 5.97 Å². The average Bonchev–Trinajstić information content (AvgIpc) is 2.41. The summed E-state index contributed by atoms with van der Waals surface area (Å²) in [5.74, 6) is -0.754. The third kappa shape index (κ3) is 38.7. The predicted octanol–water partition coefficient (Wildman–Crippen LogP) is 3.45. The first kappa shape index (κ1) is 33.7. The second-order valence-electron chi connectivity index (χ2n) is 4.39. The van der Waals surface area contributed by atoms with Gasteiger partial charge in [0.15, 0.2) is 0 Å². The van der Waals surface area contributed by atoms with Crippen molar-refractivity contribution in [3.8, 4) is 0 Å². The van der Waals surface area contributed by atoms with Gasteiger partial charge in [-0.2, -0.15) is 0 Å². The summed E-state index contributed by atoms with van der Waals surface area (Å²) in [4.78, 5) is 10.4. The molecule has 21 heavy (non-hydrogen) atoms. The minimum Gasteiger partial charge on any atom is -0.481 e. The van der Waals surface area contributed by atoms with Crippen LogP contribution in [-0.4, -0.2) is 34.5 Å². The van der Waals surface area contributed by atoms with E-state index >= 15 is 0 Å². The van der Waals surface area contributed by atoms with E-state index in [4.69, 9.17) is 15.3 Å². The van der Waals surface area contributed by atoms with Gasteiger partial charge in [-0.3, -0.25) is 4.79 Å². The molecule has 0 saturated carbocycles. The van der Waals surface area contributed by atoms with Crippen LogP contribution in [0, 0.1) is 5.92 Å². The van der Waals surface area contributed by atoms with E-state index in [1.165, 1.54) is 0 Å². The van der Waals surface area contributed by atoms with Crippen LogP contribution in [0.5, 0.6) is 0 Å². The van der Waals surface area contributed by atoms with E-state index in [9.17, 15) is 4.79 Å². The molecule has 1 unspecified atom stereocenters. The zero-order valence-corrected chi connectivity index (χ0v) is 19.1. The van der Waals surface area contributed by atoms with Crippen LogP contribution >= 0.6 is 0 Å². The van der Waals surface area contributed by atoms with Gasteiger partial charge in [-0.05, 0) is 25.7 Å². The molecule has 4 nitrogen and oxygen atoms in total. The standard InChI is InChI=1S/C8H16O2.C4H10O.C3H8O.2Zr/c1-3-5-6-7(4-2)8(9)10;1-2-3-4-5;1-2-3-4;;/h7H,3-6H2,1-2H3,(H,9,10);5H,2-4H2,1H3;4H,2-3H2,1H3;;. The molecule has 0 aliphatic heterocycles. The summed E-state index contributed by atoms with van der Waals surface area (Å²) in [5.41, 5.74) is 0. The van der Waals surface area contributed by atoms with Crippen molar-refractivity contribution < 1.29 is 72.5 Å². The Morgan fingerprint density at radius 3 is 1.43 bits per heavy atom. The number of carboxylic acids is 1. The number of carboxylic acid groups (broad SMARTS) is 1. The second kappa shape index (κ2) is 32.9. The van der Waals surface area contributed by atoms with E-state index in [0.717, 1.165) is 44.9 Å². The van der Waals surface area contributed by atoms with Gasteiger partial charge in [-0.15, -0.1) is 0 Å². The molecule has 0 bridgehead atoms. The predicted molar refractivity (Wildman–Crippen MR) is 80.3 cm³/mol. The molecule has 0 aromatic rings. The van der Waals surface area contributed by atoms with E-state index in [2.05, 4.69) is 13.8 Å². The fraction of sp³-hybridized carbons (Fsp3) is 0.933. The number of hydrogen-bond donors (Lipinski definition) is 3. The number of rotatable bonds is 8. The maximum atomic E-state index is 10.4. The minimum absolute atomic E-state index is 0. The molecule has 126 valence electrons. The molecule has 0 aliphatic rings. The molecule has 0 spiro atoms. The van der Waals surface area contributed by atoms with Crippen LogP contribution < -0.4 is 0 Å². The summed E-state index contributed by atoms with van der Waals surface area (Å²) >= 11 is 0. The van der Waals surface area contributed by atoms with Crippen LogP contribution in [-0.2, 0) is 57.2 Å². The third-order valence-electron chi connectivity index (χ3n) is 2.48. The van der Waals surface area contributed by atoms with E-state index in [0.29, 0.717) is 13.2 Å². The number of carbonyl (C=O) groups is 1. The Bertz CT molecular complexity index is 166. The van der Waals surface area contributed by atoms with Crippen molar-refractivity contribution in [2.45, 2.75) is 72.6 Å². The van der Waals surface area contributed by atoms with Crippen LogP contribution in [0.25, 0.3) is 0 Å². The SMILES string of the molecule is CCCCC(CC)C(=O)O.CCCCO.CCCO.[Zr].[Zr]. The normalized spacial score (nSPS) is 9.62. The topological polar surface area (TPSA) is 77.8 Å². The summed E-state index contributed by atoms with van der Waals surface area (Å²) in [7, 11) is 0. The molecule has 0 fully saturated rings. The quantitative estimate of drug-likeness (QED) is 0.518. The van der Waals surface area contributed by atoms with Crippen molar-refractivity contribution >= 4 is 5.97 Å². The molecule has 3 N–H and O–H groups in total. The van der Waals surface area contributed by atoms with Gasteiger partial charge in [0.1, 0.15) is 0 Å². The van der Waals surface area contributed by atoms with Crippen LogP contribution in [0.3, 0.4) is 0 Å². The zero-order chi connectivity index (χ0) is 15.5. The first-order valence-corrected chi connectivity index (χ1v) is 7.49. The Morgan fingerprint density at radius 2 is 1.29 bits per heavy atom. The summed E-state index contributed by atoms with van der Waals surface area (Å²) in [6, 6.07) is 0. The maximum Gasteiger partial charge on any atom is 0.306 e. The molecule has 0 radical (unpaired) electrons. The third-order valence-corrected chi connectivity index (χ3v) is 2.48. The summed E-state index contributed by atoms with van der Waals surface area (Å²) in [6.07, 6.45) is 6.63. The molecule has 0 heterocycles. The van der Waals surface area contributed by atoms with Crippen molar-refractivity contribution in [2.24, 2.45) is 5.92 Å². The van der Waals surface area contributed by atoms with E-state index in [-0.39, 0.29) is 58.3 Å². The molecule has 0 aromatic heterocycles. The Labute approximate surface area is 169 Å². The van der Waals surface area contributed by atoms with E-state index < -0.39 is 5.97 Å². The van der Waals surface area contributed by atoms with Crippen molar-refractivity contribution in [1.82, 2.24) is 0 Å². The van der Waals surface area contributed by atoms with Crippen molar-refractivity contribution in [1.29, 1.82) is 0 Å². The number of aliphatic carboxylic acids is 1. The van der Waals surface area contributed by atoms with Gasteiger partial charge in [0.2, 0.25) is 0 Å². The molecule has 0 amide bonds. The summed E-state index contributed by atoms with van der Waals surface area (Å²) < 4.78 is 0. The first-order valence-electron chi connectivity index (χ1n) is 7.49. The molecule has 0 aromatic carbocycles. The van der Waals surface area contributed by atoms with Crippen LogP contribution in [0.15, 0.2) is 0 Å². The molecule has 0 saturated heterocycles. The van der Waals surface area contributed by atoms with Gasteiger partial charge in [-0.1, -0.05) is 47.0 Å². The zero-order valence-electron chi connectivity index (χ0n) is 14.2. The van der Waals surface area contributed by atoms with Crippen molar-refractivity contribution in [3.05, 3.63) is 0 Å². The Hall–Kier alpha value is 1.16. The first-order chi connectivity index (χ1) is 9.05. The Morgan fingerprint density at radius 1 is 0.857 bits per heavy atom. The second-order valence-corrected chi connectivity index (χ2v) is 4.39. The monoisotopic (exact) mass is 458 g/mol. The van der Waals surface area contributed by atoms with Crippen molar-refractivity contribution in [3.63, 3.8) is 0 Å². The molecule has 0 rings (SSSR count). The van der Waals surface area contributed by atoms with Gasteiger partial charge < -0.3 is 15.3 Å². The molecule has 0 aliphatic carbocycles. The van der Waals surface area contributed by atoms with Gasteiger partial charge in [0.05, 0.1) is 5.92 Å². The van der Waals surface area contributed by atoms with Gasteiger partial charge in [0.25, 0.3) is 0 Å². The van der Waals surface area contributed by atoms with E-state index in [1.54, 1.807) is 0 Å². The smallest absolute Gasteiger partial charge is 0.306 e. The van der Waals surface area contributed by atoms with Crippen LogP contribution in [0.4, 0.5) is 0 Å². The average molecular weight is 461 g/mol. The Kier molecular flexibility index (Phi) is 52.8. The van der Waals surface area contributed by atoms with Crippen molar-refractivity contribution in [2.75, 3.05) is 13.2 Å². The molecule has 6 heteroatoms. The Balaban J connectivity index is -0.0000000664. The largest absolute Gasteiger partial charge is 0.481 e. The minimum atomic E-state index is -0.643. The summed E-state index contributed by atoms with van der Waals surface area (Å²) in [5, 5.41) is 24.5. The summed E-state index contributed by atoms with van der Waals surface area (Å²) in [6.45, 7) is 8.65. The number of unbranched alkanes of at least 4 members (excludes halogenated alkanes) is 2. The fourth-order valence-electron chi connectivity index (χ4n) is 1.11. The van der Waals surface area contributed by atoms with Crippen LogP contribution in [0.2, 0.25) is 0 Å². The van der Waals surface area contributed by atoms with Crippen LogP contribution in [0.1, 0.15) is 72.6 Å². The number of hydrogen-bond acceptors (Lipinski definition) is 3. The van der Waals surface area contributed by atoms with E-state index in [1.807, 2.05) is 13.8 Å². The molecular weight excluding hydrogens is 427 g/mol. The number of aliphatic hydroxyl groups excluding tert-OH is 2. The maximum absolute atomic E-state index is 10.4. The van der Waals surface area contributed by atoms with Gasteiger partial charge in [-0.25, -0.2) is 0 Å².